The van der Waals surface area contributed by atoms with Crippen LogP contribution in [0.3, 0.4) is 0 Å². The van der Waals surface area contributed by atoms with E-state index in [-0.39, 0.29) is 11.3 Å². The van der Waals surface area contributed by atoms with Gasteiger partial charge in [-0.2, -0.15) is 0 Å². The second kappa shape index (κ2) is 6.30. The van der Waals surface area contributed by atoms with E-state index in [0.717, 1.165) is 26.0 Å². The number of carbonyl (C=O) groups excluding carboxylic acids is 1. The quantitative estimate of drug-likeness (QED) is 0.664. The van der Waals surface area contributed by atoms with Gasteiger partial charge in [-0.25, -0.2) is 9.97 Å². The fraction of sp³-hybridized carbons (Fsp3) is 0.615. The van der Waals surface area contributed by atoms with Crippen molar-refractivity contribution < 1.29 is 9.53 Å². The molecular weight excluding hydrogens is 266 g/mol. The number of anilines is 1. The normalized spacial score (nSPS) is 22.5. The molecule has 1 aromatic rings. The van der Waals surface area contributed by atoms with E-state index in [4.69, 9.17) is 16.3 Å². The number of aromatic nitrogens is 2. The third-order valence-electron chi connectivity index (χ3n) is 3.41. The Bertz CT molecular complexity index is 467. The predicted molar refractivity (Wildman–Crippen MR) is 73.8 cm³/mol. The third kappa shape index (κ3) is 3.22. The summed E-state index contributed by atoms with van der Waals surface area (Å²) >= 11 is 5.94. The maximum Gasteiger partial charge on any atom is 0.156 e. The van der Waals surface area contributed by atoms with Crippen LogP contribution in [0.1, 0.15) is 35.9 Å². The third-order valence-corrected chi connectivity index (χ3v) is 3.70. The standard InChI is InChI=1S/C13H18ClN3O2/c1-3-11-9(4-5-19-11)6-15-13-10(7-18)12(14)16-8(2)17-13/h7,9,11H,3-6H2,1-2H3,(H,15,16,17). The molecule has 1 aliphatic heterocycles. The molecule has 2 rings (SSSR count). The molecule has 1 aliphatic rings. The summed E-state index contributed by atoms with van der Waals surface area (Å²) < 4.78 is 5.64. The minimum atomic E-state index is 0.194. The van der Waals surface area contributed by atoms with Crippen LogP contribution in [-0.2, 0) is 4.74 Å². The zero-order valence-electron chi connectivity index (χ0n) is 11.1. The van der Waals surface area contributed by atoms with Gasteiger partial charge in [0.15, 0.2) is 6.29 Å². The van der Waals surface area contributed by atoms with Crippen LogP contribution in [0, 0.1) is 12.8 Å². The summed E-state index contributed by atoms with van der Waals surface area (Å²) in [6.07, 6.45) is 2.99. The lowest BCUT2D eigenvalue weighted by atomic mass is 10.00. The number of nitrogens with one attached hydrogen (secondary N) is 1. The van der Waals surface area contributed by atoms with Gasteiger partial charge in [0.25, 0.3) is 0 Å². The molecule has 1 saturated heterocycles. The van der Waals surface area contributed by atoms with E-state index in [1.807, 2.05) is 0 Å². The lowest BCUT2D eigenvalue weighted by Crippen LogP contribution is -2.23. The molecule has 0 saturated carbocycles. The van der Waals surface area contributed by atoms with Crippen molar-refractivity contribution in [1.82, 2.24) is 9.97 Å². The molecule has 0 amide bonds. The van der Waals surface area contributed by atoms with Gasteiger partial charge in [0.05, 0.1) is 11.7 Å². The van der Waals surface area contributed by atoms with Crippen molar-refractivity contribution in [1.29, 1.82) is 0 Å². The summed E-state index contributed by atoms with van der Waals surface area (Å²) in [5.41, 5.74) is 0.319. The lowest BCUT2D eigenvalue weighted by Gasteiger charge is -2.18. The summed E-state index contributed by atoms with van der Waals surface area (Å²) in [7, 11) is 0. The molecule has 0 aromatic carbocycles. The fourth-order valence-electron chi connectivity index (χ4n) is 2.39. The summed E-state index contributed by atoms with van der Waals surface area (Å²) in [5, 5.41) is 3.40. The van der Waals surface area contributed by atoms with Gasteiger partial charge in [-0.15, -0.1) is 0 Å². The number of carbonyl (C=O) groups is 1. The zero-order chi connectivity index (χ0) is 13.8. The summed E-state index contributed by atoms with van der Waals surface area (Å²) in [6.45, 7) is 5.39. The molecule has 5 nitrogen and oxygen atoms in total. The van der Waals surface area contributed by atoms with E-state index in [2.05, 4.69) is 22.2 Å². The number of aryl methyl sites for hydroxylation is 1. The van der Waals surface area contributed by atoms with Gasteiger partial charge in [-0.1, -0.05) is 18.5 Å². The molecule has 0 bridgehead atoms. The number of hydrogen-bond donors (Lipinski definition) is 1. The molecule has 0 spiro atoms. The van der Waals surface area contributed by atoms with Gasteiger partial charge in [-0.3, -0.25) is 4.79 Å². The maximum atomic E-state index is 11.0. The lowest BCUT2D eigenvalue weighted by molar-refractivity contribution is 0.0900. The highest BCUT2D eigenvalue weighted by atomic mass is 35.5. The number of aldehydes is 1. The van der Waals surface area contributed by atoms with Gasteiger partial charge in [0, 0.05) is 19.1 Å². The first-order valence-corrected chi connectivity index (χ1v) is 6.88. The van der Waals surface area contributed by atoms with E-state index < -0.39 is 0 Å². The number of ether oxygens (including phenoxy) is 1. The van der Waals surface area contributed by atoms with Crippen LogP contribution in [0.15, 0.2) is 0 Å². The number of halogens is 1. The van der Waals surface area contributed by atoms with Gasteiger partial charge in [0.1, 0.15) is 16.8 Å². The van der Waals surface area contributed by atoms with E-state index >= 15 is 0 Å². The van der Waals surface area contributed by atoms with Gasteiger partial charge < -0.3 is 10.1 Å². The number of hydrogen-bond acceptors (Lipinski definition) is 5. The highest BCUT2D eigenvalue weighted by molar-refractivity contribution is 6.32. The first kappa shape index (κ1) is 14.2. The molecule has 1 aromatic heterocycles. The van der Waals surface area contributed by atoms with Crippen LogP contribution in [0.5, 0.6) is 0 Å². The smallest absolute Gasteiger partial charge is 0.156 e. The highest BCUT2D eigenvalue weighted by Gasteiger charge is 2.26. The molecule has 104 valence electrons. The number of rotatable bonds is 5. The van der Waals surface area contributed by atoms with Gasteiger partial charge >= 0.3 is 0 Å². The minimum Gasteiger partial charge on any atom is -0.378 e. The molecule has 6 heteroatoms. The summed E-state index contributed by atoms with van der Waals surface area (Å²) in [4.78, 5) is 19.3. The Hall–Kier alpha value is -1.20. The Morgan fingerprint density at radius 2 is 2.32 bits per heavy atom. The summed E-state index contributed by atoms with van der Waals surface area (Å²) in [6, 6.07) is 0. The largest absolute Gasteiger partial charge is 0.378 e. The van der Waals surface area contributed by atoms with Crippen LogP contribution >= 0.6 is 11.6 Å². The van der Waals surface area contributed by atoms with Crippen LogP contribution in [0.25, 0.3) is 0 Å². The van der Waals surface area contributed by atoms with E-state index in [9.17, 15) is 4.79 Å². The monoisotopic (exact) mass is 283 g/mol. The zero-order valence-corrected chi connectivity index (χ0v) is 11.9. The fourth-order valence-corrected chi connectivity index (χ4v) is 2.65. The first-order chi connectivity index (χ1) is 9.15. The van der Waals surface area contributed by atoms with Crippen LogP contribution in [0.4, 0.5) is 5.82 Å². The average Bonchev–Trinajstić information content (AvgIpc) is 2.83. The van der Waals surface area contributed by atoms with E-state index in [0.29, 0.717) is 29.4 Å². The first-order valence-electron chi connectivity index (χ1n) is 6.50. The van der Waals surface area contributed by atoms with Crippen molar-refractivity contribution >= 4 is 23.7 Å². The van der Waals surface area contributed by atoms with E-state index in [1.165, 1.54) is 0 Å². The Balaban J connectivity index is 2.08. The molecule has 0 radical (unpaired) electrons. The average molecular weight is 284 g/mol. The molecule has 19 heavy (non-hydrogen) atoms. The molecule has 2 atom stereocenters. The second-order valence-corrected chi connectivity index (χ2v) is 5.05. The second-order valence-electron chi connectivity index (χ2n) is 4.69. The predicted octanol–water partition coefficient (Wildman–Crippen LogP) is 2.48. The molecule has 0 aliphatic carbocycles. The van der Waals surface area contributed by atoms with Crippen molar-refractivity contribution in [2.45, 2.75) is 32.8 Å². The topological polar surface area (TPSA) is 64.1 Å². The number of nitrogens with zero attached hydrogens (tertiary/aromatic N) is 2. The Labute approximate surface area is 117 Å². The molecular formula is C13H18ClN3O2. The molecule has 2 heterocycles. The van der Waals surface area contributed by atoms with Gasteiger partial charge in [0.2, 0.25) is 0 Å². The van der Waals surface area contributed by atoms with Crippen molar-refractivity contribution in [2.75, 3.05) is 18.5 Å². The highest BCUT2D eigenvalue weighted by Crippen LogP contribution is 2.25. The van der Waals surface area contributed by atoms with Crippen molar-refractivity contribution in [2.24, 2.45) is 5.92 Å². The Kier molecular flexibility index (Phi) is 4.71. The van der Waals surface area contributed by atoms with Crippen molar-refractivity contribution in [3.63, 3.8) is 0 Å². The van der Waals surface area contributed by atoms with Crippen molar-refractivity contribution in [3.05, 3.63) is 16.5 Å². The molecule has 2 unspecified atom stereocenters. The summed E-state index contributed by atoms with van der Waals surface area (Å²) in [5.74, 6) is 1.50. The Morgan fingerprint density at radius 3 is 3.00 bits per heavy atom. The van der Waals surface area contributed by atoms with Crippen LogP contribution < -0.4 is 5.32 Å². The minimum absolute atomic E-state index is 0.194. The van der Waals surface area contributed by atoms with Crippen LogP contribution in [0.2, 0.25) is 5.15 Å². The maximum absolute atomic E-state index is 11.0. The molecule has 1 fully saturated rings. The van der Waals surface area contributed by atoms with Gasteiger partial charge in [-0.05, 0) is 19.8 Å². The SMILES string of the molecule is CCC1OCCC1CNc1nc(C)nc(Cl)c1C=O. The van der Waals surface area contributed by atoms with E-state index in [1.54, 1.807) is 6.92 Å². The molecule has 1 N–H and O–H groups in total. The van der Waals surface area contributed by atoms with Crippen LogP contribution in [-0.4, -0.2) is 35.5 Å². The van der Waals surface area contributed by atoms with Crippen molar-refractivity contribution in [3.8, 4) is 0 Å². The Morgan fingerprint density at radius 1 is 1.53 bits per heavy atom.